The zero-order valence-electron chi connectivity index (χ0n) is 8.29. The van der Waals surface area contributed by atoms with E-state index in [1.54, 1.807) is 7.11 Å². The number of nitrogens with one attached hydrogen (secondary N) is 1. The van der Waals surface area contributed by atoms with Crippen LogP contribution in [0.3, 0.4) is 0 Å². The highest BCUT2D eigenvalue weighted by Crippen LogP contribution is 2.44. The second-order valence-corrected chi connectivity index (χ2v) is 4.24. The zero-order valence-corrected chi connectivity index (χ0v) is 8.29. The Hall–Kier alpha value is -0.120. The van der Waals surface area contributed by atoms with Gasteiger partial charge in [0.05, 0.1) is 13.2 Å². The van der Waals surface area contributed by atoms with Crippen molar-refractivity contribution in [1.29, 1.82) is 0 Å². The minimum atomic E-state index is 0.621. The summed E-state index contributed by atoms with van der Waals surface area (Å²) in [5, 5.41) is 0. The summed E-state index contributed by atoms with van der Waals surface area (Å²) in [4.78, 5) is 5.34. The van der Waals surface area contributed by atoms with Crippen LogP contribution in [-0.2, 0) is 9.57 Å². The summed E-state index contributed by atoms with van der Waals surface area (Å²) in [7, 11) is 1.70. The van der Waals surface area contributed by atoms with Crippen LogP contribution in [0.4, 0.5) is 0 Å². The van der Waals surface area contributed by atoms with Gasteiger partial charge in [-0.3, -0.25) is 4.84 Å². The van der Waals surface area contributed by atoms with E-state index in [2.05, 4.69) is 5.48 Å². The second-order valence-electron chi connectivity index (χ2n) is 4.24. The zero-order chi connectivity index (χ0) is 9.10. The predicted octanol–water partition coefficient (Wildman–Crippen LogP) is 1.34. The van der Waals surface area contributed by atoms with Crippen LogP contribution in [0.15, 0.2) is 0 Å². The van der Waals surface area contributed by atoms with Gasteiger partial charge in [0.25, 0.3) is 0 Å². The average molecular weight is 185 g/mol. The van der Waals surface area contributed by atoms with Gasteiger partial charge in [-0.2, -0.15) is 5.48 Å². The molecule has 0 saturated heterocycles. The molecule has 0 aromatic heterocycles. The Labute approximate surface area is 79.7 Å². The molecule has 1 N–H and O–H groups in total. The van der Waals surface area contributed by atoms with Crippen molar-refractivity contribution in [1.82, 2.24) is 5.48 Å². The van der Waals surface area contributed by atoms with Crippen LogP contribution in [0.1, 0.15) is 25.7 Å². The molecule has 0 heterocycles. The number of fused-ring (bicyclic) bond motifs is 2. The van der Waals surface area contributed by atoms with Crippen molar-refractivity contribution in [2.45, 2.75) is 31.7 Å². The molecule has 13 heavy (non-hydrogen) atoms. The molecule has 76 valence electrons. The van der Waals surface area contributed by atoms with E-state index >= 15 is 0 Å². The Kier molecular flexibility index (Phi) is 3.19. The van der Waals surface area contributed by atoms with Crippen molar-refractivity contribution in [2.24, 2.45) is 11.8 Å². The van der Waals surface area contributed by atoms with Crippen molar-refractivity contribution >= 4 is 0 Å². The molecule has 0 aromatic rings. The number of hydrogen-bond acceptors (Lipinski definition) is 3. The van der Waals surface area contributed by atoms with Crippen molar-refractivity contribution in [3.05, 3.63) is 0 Å². The van der Waals surface area contributed by atoms with E-state index in [1.807, 2.05) is 0 Å². The number of methoxy groups -OCH3 is 1. The third kappa shape index (κ3) is 2.22. The third-order valence-corrected chi connectivity index (χ3v) is 3.36. The number of hydroxylamine groups is 1. The van der Waals surface area contributed by atoms with Gasteiger partial charge in [0.2, 0.25) is 0 Å². The quantitative estimate of drug-likeness (QED) is 0.518. The van der Waals surface area contributed by atoms with E-state index in [0.29, 0.717) is 19.3 Å². The minimum Gasteiger partial charge on any atom is -0.382 e. The van der Waals surface area contributed by atoms with Crippen LogP contribution in [0.25, 0.3) is 0 Å². The molecule has 3 heteroatoms. The van der Waals surface area contributed by atoms with Gasteiger partial charge in [0.1, 0.15) is 0 Å². The lowest BCUT2D eigenvalue weighted by molar-refractivity contribution is -0.0216. The Bertz CT molecular complexity index is 163. The standard InChI is InChI=1S/C10H19NO2/c1-12-4-5-13-11-10-7-8-2-3-9(10)6-8/h8-11H,2-7H2,1H3. The van der Waals surface area contributed by atoms with Gasteiger partial charge in [-0.05, 0) is 31.1 Å². The molecule has 0 aromatic carbocycles. The van der Waals surface area contributed by atoms with Gasteiger partial charge in [-0.1, -0.05) is 6.42 Å². The molecule has 3 atom stereocenters. The summed E-state index contributed by atoms with van der Waals surface area (Å²) < 4.78 is 4.90. The lowest BCUT2D eigenvalue weighted by Gasteiger charge is -2.22. The highest BCUT2D eigenvalue weighted by molar-refractivity contribution is 4.92. The first-order valence-electron chi connectivity index (χ1n) is 5.26. The van der Waals surface area contributed by atoms with E-state index in [9.17, 15) is 0 Å². The molecule has 0 spiro atoms. The Balaban J connectivity index is 1.60. The van der Waals surface area contributed by atoms with E-state index < -0.39 is 0 Å². The van der Waals surface area contributed by atoms with Crippen LogP contribution in [0.5, 0.6) is 0 Å². The average Bonchev–Trinajstić information content (AvgIpc) is 2.73. The predicted molar refractivity (Wildman–Crippen MR) is 50.2 cm³/mol. The van der Waals surface area contributed by atoms with Gasteiger partial charge in [0, 0.05) is 13.2 Å². The maximum atomic E-state index is 5.34. The van der Waals surface area contributed by atoms with Crippen molar-refractivity contribution in [2.75, 3.05) is 20.3 Å². The highest BCUT2D eigenvalue weighted by Gasteiger charge is 2.39. The van der Waals surface area contributed by atoms with Crippen LogP contribution in [0.2, 0.25) is 0 Å². The lowest BCUT2D eigenvalue weighted by Crippen LogP contribution is -2.34. The van der Waals surface area contributed by atoms with Crippen LogP contribution < -0.4 is 5.48 Å². The fourth-order valence-corrected chi connectivity index (χ4v) is 2.68. The van der Waals surface area contributed by atoms with E-state index in [-0.39, 0.29) is 0 Å². The summed E-state index contributed by atoms with van der Waals surface area (Å²) in [6, 6.07) is 0.621. The Morgan fingerprint density at radius 2 is 2.15 bits per heavy atom. The van der Waals surface area contributed by atoms with Crippen molar-refractivity contribution in [3.63, 3.8) is 0 Å². The molecule has 3 nitrogen and oxygen atoms in total. The summed E-state index contributed by atoms with van der Waals surface area (Å²) >= 11 is 0. The molecule has 2 fully saturated rings. The molecule has 0 radical (unpaired) electrons. The molecular formula is C10H19NO2. The maximum Gasteiger partial charge on any atom is 0.0915 e. The smallest absolute Gasteiger partial charge is 0.0915 e. The van der Waals surface area contributed by atoms with Crippen LogP contribution >= 0.6 is 0 Å². The molecule has 3 unspecified atom stereocenters. The largest absolute Gasteiger partial charge is 0.382 e. The van der Waals surface area contributed by atoms with Gasteiger partial charge in [0.15, 0.2) is 0 Å². The monoisotopic (exact) mass is 185 g/mol. The summed E-state index contributed by atoms with van der Waals surface area (Å²) in [6.45, 7) is 1.33. The maximum absolute atomic E-state index is 5.34. The van der Waals surface area contributed by atoms with Gasteiger partial charge in [-0.15, -0.1) is 0 Å². The molecule has 2 bridgehead atoms. The number of ether oxygens (including phenoxy) is 1. The molecule has 2 aliphatic carbocycles. The first-order chi connectivity index (χ1) is 6.40. The number of hydrogen-bond donors (Lipinski definition) is 1. The normalized spacial score (nSPS) is 37.2. The van der Waals surface area contributed by atoms with Crippen molar-refractivity contribution < 1.29 is 9.57 Å². The summed E-state index contributed by atoms with van der Waals surface area (Å²) in [5.41, 5.74) is 3.17. The van der Waals surface area contributed by atoms with E-state index in [4.69, 9.17) is 9.57 Å². The first kappa shape index (κ1) is 9.44. The summed E-state index contributed by atoms with van der Waals surface area (Å²) in [5.74, 6) is 1.86. The molecular weight excluding hydrogens is 166 g/mol. The van der Waals surface area contributed by atoms with Crippen LogP contribution in [-0.4, -0.2) is 26.4 Å². The first-order valence-corrected chi connectivity index (χ1v) is 5.26. The van der Waals surface area contributed by atoms with E-state index in [0.717, 1.165) is 11.8 Å². The SMILES string of the molecule is COCCONC1CC2CCC1C2. The van der Waals surface area contributed by atoms with Gasteiger partial charge in [-0.25, -0.2) is 0 Å². The molecule has 0 amide bonds. The third-order valence-electron chi connectivity index (χ3n) is 3.36. The molecule has 2 rings (SSSR count). The molecule has 0 aliphatic heterocycles. The van der Waals surface area contributed by atoms with Gasteiger partial charge >= 0.3 is 0 Å². The molecule has 2 aliphatic rings. The minimum absolute atomic E-state index is 0.621. The molecule has 2 saturated carbocycles. The fraction of sp³-hybridized carbons (Fsp3) is 1.00. The Morgan fingerprint density at radius 3 is 2.77 bits per heavy atom. The van der Waals surface area contributed by atoms with Crippen LogP contribution in [0, 0.1) is 11.8 Å². The number of rotatable bonds is 5. The van der Waals surface area contributed by atoms with Crippen molar-refractivity contribution in [3.8, 4) is 0 Å². The highest BCUT2D eigenvalue weighted by atomic mass is 16.7. The topological polar surface area (TPSA) is 30.5 Å². The fourth-order valence-electron chi connectivity index (χ4n) is 2.68. The second kappa shape index (κ2) is 4.40. The Morgan fingerprint density at radius 1 is 1.23 bits per heavy atom. The van der Waals surface area contributed by atoms with E-state index in [1.165, 1.54) is 25.7 Å². The lowest BCUT2D eigenvalue weighted by atomic mass is 9.96. The summed E-state index contributed by atoms with van der Waals surface area (Å²) in [6.07, 6.45) is 5.58. The van der Waals surface area contributed by atoms with Gasteiger partial charge < -0.3 is 4.74 Å².